The molecule has 0 saturated carbocycles. The van der Waals surface area contributed by atoms with Crippen molar-refractivity contribution in [3.63, 3.8) is 0 Å². The lowest BCUT2D eigenvalue weighted by atomic mass is 9.88. The minimum absolute atomic E-state index is 0.374. The molecule has 2 fully saturated rings. The summed E-state index contributed by atoms with van der Waals surface area (Å²) >= 11 is 0. The minimum atomic E-state index is 0.374. The third-order valence-corrected chi connectivity index (χ3v) is 2.80. The van der Waals surface area contributed by atoms with Crippen LogP contribution in [0.2, 0.25) is 0 Å². The smallest absolute Gasteiger partial charge is 0.0659 e. The summed E-state index contributed by atoms with van der Waals surface area (Å²) in [7, 11) is 0. The van der Waals surface area contributed by atoms with Crippen LogP contribution in [-0.4, -0.2) is 24.5 Å². The van der Waals surface area contributed by atoms with Gasteiger partial charge in [-0.05, 0) is 31.8 Å². The van der Waals surface area contributed by atoms with Crippen molar-refractivity contribution in [1.29, 1.82) is 5.26 Å². The van der Waals surface area contributed by atoms with Crippen LogP contribution >= 0.6 is 0 Å². The predicted octanol–water partition coefficient (Wildman–Crippen LogP) is 0.852. The van der Waals surface area contributed by atoms with E-state index in [4.69, 9.17) is 5.26 Å². The first-order valence-corrected chi connectivity index (χ1v) is 4.02. The third-order valence-electron chi connectivity index (χ3n) is 2.80. The molecule has 2 bridgehead atoms. The van der Waals surface area contributed by atoms with E-state index >= 15 is 0 Å². The summed E-state index contributed by atoms with van der Waals surface area (Å²) in [6, 6.07) is 2.40. The van der Waals surface area contributed by atoms with Gasteiger partial charge in [-0.15, -0.1) is 0 Å². The fourth-order valence-corrected chi connectivity index (χ4v) is 2.12. The van der Waals surface area contributed by atoms with Crippen molar-refractivity contribution in [2.45, 2.75) is 12.8 Å². The molecule has 0 N–H and O–H groups in total. The quantitative estimate of drug-likeness (QED) is 0.493. The molecule has 3 unspecified atom stereocenters. The lowest BCUT2D eigenvalue weighted by Gasteiger charge is -2.25. The fraction of sp³-hybridized carbons (Fsp3) is 0.875. The molecule has 2 heterocycles. The van der Waals surface area contributed by atoms with Gasteiger partial charge in [-0.3, -0.25) is 0 Å². The highest BCUT2D eigenvalue weighted by Crippen LogP contribution is 2.31. The van der Waals surface area contributed by atoms with Crippen molar-refractivity contribution in [2.24, 2.45) is 11.8 Å². The zero-order valence-electron chi connectivity index (χ0n) is 6.08. The Balaban J connectivity index is 2.08. The average molecular weight is 136 g/mol. The van der Waals surface area contributed by atoms with Gasteiger partial charge in [0.1, 0.15) is 0 Å². The van der Waals surface area contributed by atoms with Gasteiger partial charge in [-0.25, -0.2) is 0 Å². The Morgan fingerprint density at radius 3 is 2.90 bits per heavy atom. The number of nitriles is 1. The van der Waals surface area contributed by atoms with Gasteiger partial charge in [0.25, 0.3) is 0 Å². The Morgan fingerprint density at radius 1 is 1.30 bits per heavy atom. The molecule has 2 aliphatic heterocycles. The van der Waals surface area contributed by atoms with E-state index < -0.39 is 0 Å². The summed E-state index contributed by atoms with van der Waals surface area (Å²) < 4.78 is 0. The van der Waals surface area contributed by atoms with E-state index in [9.17, 15) is 0 Å². The summed E-state index contributed by atoms with van der Waals surface area (Å²) in [5, 5.41) is 8.74. The van der Waals surface area contributed by atoms with Crippen molar-refractivity contribution in [1.82, 2.24) is 4.90 Å². The first kappa shape index (κ1) is 6.18. The second-order valence-electron chi connectivity index (χ2n) is 3.37. The molecule has 54 valence electrons. The van der Waals surface area contributed by atoms with Gasteiger partial charge >= 0.3 is 0 Å². The zero-order chi connectivity index (χ0) is 6.97. The molecule has 2 heteroatoms. The van der Waals surface area contributed by atoms with Crippen LogP contribution in [0.5, 0.6) is 0 Å². The SMILES string of the molecule is N#CC1CCN2CCC1C2. The Bertz CT molecular complexity index is 171. The number of nitrogens with zero attached hydrogens (tertiary/aromatic N) is 2. The summed E-state index contributed by atoms with van der Waals surface area (Å²) in [5.41, 5.74) is 0. The van der Waals surface area contributed by atoms with Crippen molar-refractivity contribution in [3.8, 4) is 6.07 Å². The molecule has 2 nitrogen and oxygen atoms in total. The van der Waals surface area contributed by atoms with E-state index in [1.165, 1.54) is 19.5 Å². The van der Waals surface area contributed by atoms with Crippen LogP contribution in [-0.2, 0) is 0 Å². The molecule has 2 saturated heterocycles. The van der Waals surface area contributed by atoms with Crippen LogP contribution in [0.4, 0.5) is 0 Å². The zero-order valence-corrected chi connectivity index (χ0v) is 6.08. The molecule has 2 rings (SSSR count). The molecule has 0 aromatic rings. The largest absolute Gasteiger partial charge is 0.303 e. The van der Waals surface area contributed by atoms with Crippen LogP contribution in [0.3, 0.4) is 0 Å². The lowest BCUT2D eigenvalue weighted by molar-refractivity contribution is 0.235. The van der Waals surface area contributed by atoms with Gasteiger partial charge in [0, 0.05) is 6.54 Å². The van der Waals surface area contributed by atoms with Crippen molar-refractivity contribution in [3.05, 3.63) is 0 Å². The molecule has 0 aromatic carbocycles. The molecule has 0 spiro atoms. The van der Waals surface area contributed by atoms with Gasteiger partial charge in [0.2, 0.25) is 0 Å². The van der Waals surface area contributed by atoms with Crippen LogP contribution < -0.4 is 0 Å². The van der Waals surface area contributed by atoms with E-state index in [1.54, 1.807) is 0 Å². The molecular weight excluding hydrogens is 124 g/mol. The van der Waals surface area contributed by atoms with Gasteiger partial charge < -0.3 is 4.90 Å². The Kier molecular flexibility index (Phi) is 1.39. The maximum Gasteiger partial charge on any atom is 0.0659 e. The van der Waals surface area contributed by atoms with Crippen molar-refractivity contribution in [2.75, 3.05) is 19.6 Å². The first-order chi connectivity index (χ1) is 4.90. The number of piperidine rings is 1. The highest BCUT2D eigenvalue weighted by molar-refractivity contribution is 4.96. The van der Waals surface area contributed by atoms with Crippen LogP contribution in [0.15, 0.2) is 0 Å². The Hall–Kier alpha value is -0.550. The lowest BCUT2D eigenvalue weighted by Crippen LogP contribution is -2.31. The van der Waals surface area contributed by atoms with E-state index in [2.05, 4.69) is 11.0 Å². The summed E-state index contributed by atoms with van der Waals surface area (Å²) in [6.45, 7) is 3.59. The molecule has 0 aromatic heterocycles. The van der Waals surface area contributed by atoms with Gasteiger partial charge in [0.15, 0.2) is 0 Å². The summed E-state index contributed by atoms with van der Waals surface area (Å²) in [5.74, 6) is 1.08. The second kappa shape index (κ2) is 2.25. The standard InChI is InChI=1S/C8H12N2/c9-5-7-1-3-10-4-2-8(7)6-10/h7-8H,1-4,6H2. The van der Waals surface area contributed by atoms with Crippen LogP contribution in [0.1, 0.15) is 12.8 Å². The van der Waals surface area contributed by atoms with E-state index in [1.807, 2.05) is 0 Å². The molecule has 2 aliphatic rings. The van der Waals surface area contributed by atoms with E-state index in [-0.39, 0.29) is 0 Å². The highest BCUT2D eigenvalue weighted by Gasteiger charge is 2.33. The predicted molar refractivity (Wildman–Crippen MR) is 38.3 cm³/mol. The molecule has 0 aliphatic carbocycles. The number of rotatable bonds is 0. The van der Waals surface area contributed by atoms with Crippen LogP contribution in [0.25, 0.3) is 0 Å². The first-order valence-electron chi connectivity index (χ1n) is 4.02. The van der Waals surface area contributed by atoms with Gasteiger partial charge in [-0.2, -0.15) is 5.26 Å². The average Bonchev–Trinajstić information content (AvgIpc) is 2.34. The second-order valence-corrected chi connectivity index (χ2v) is 3.37. The fourth-order valence-electron chi connectivity index (χ4n) is 2.12. The summed E-state index contributed by atoms with van der Waals surface area (Å²) in [6.07, 6.45) is 2.37. The monoisotopic (exact) mass is 136 g/mol. The molecule has 0 amide bonds. The van der Waals surface area contributed by atoms with Crippen molar-refractivity contribution >= 4 is 0 Å². The van der Waals surface area contributed by atoms with Crippen molar-refractivity contribution < 1.29 is 0 Å². The Labute approximate surface area is 61.4 Å². The van der Waals surface area contributed by atoms with Gasteiger partial charge in [-0.1, -0.05) is 0 Å². The molecule has 10 heavy (non-hydrogen) atoms. The normalized spacial score (nSPS) is 44.9. The Morgan fingerprint density at radius 2 is 2.10 bits per heavy atom. The maximum atomic E-state index is 8.74. The summed E-state index contributed by atoms with van der Waals surface area (Å²) in [4.78, 5) is 2.47. The van der Waals surface area contributed by atoms with E-state index in [0.29, 0.717) is 11.8 Å². The number of fused-ring (bicyclic) bond motifs is 2. The molecule has 0 radical (unpaired) electrons. The highest BCUT2D eigenvalue weighted by atomic mass is 15.2. The van der Waals surface area contributed by atoms with E-state index in [0.717, 1.165) is 13.0 Å². The topological polar surface area (TPSA) is 27.0 Å². The van der Waals surface area contributed by atoms with Gasteiger partial charge in [0.05, 0.1) is 12.0 Å². The number of hydrogen-bond acceptors (Lipinski definition) is 2. The molecular formula is C8H12N2. The maximum absolute atomic E-state index is 8.74. The van der Waals surface area contributed by atoms with Crippen LogP contribution in [0, 0.1) is 23.2 Å². The third kappa shape index (κ3) is 0.819. The minimum Gasteiger partial charge on any atom is -0.303 e. The number of hydrogen-bond donors (Lipinski definition) is 0. The molecule has 3 atom stereocenters.